The van der Waals surface area contributed by atoms with Crippen molar-refractivity contribution in [1.29, 1.82) is 0 Å². The molecule has 1 aromatic heterocycles. The molecule has 1 saturated heterocycles. The van der Waals surface area contributed by atoms with Crippen LogP contribution in [-0.4, -0.2) is 46.3 Å². The largest absolute Gasteiger partial charge is 0.480 e. The Bertz CT molecular complexity index is 780. The van der Waals surface area contributed by atoms with Crippen LogP contribution in [0.1, 0.15) is 29.8 Å². The molecule has 1 amide bonds. The Hall–Kier alpha value is -2.05. The molecule has 1 aliphatic rings. The first-order valence-corrected chi connectivity index (χ1v) is 9.69. The van der Waals surface area contributed by atoms with Crippen LogP contribution in [-0.2, 0) is 18.4 Å². The van der Waals surface area contributed by atoms with Crippen molar-refractivity contribution in [1.82, 2.24) is 20.0 Å². The Kier molecular flexibility index (Phi) is 6.39. The van der Waals surface area contributed by atoms with Crippen LogP contribution in [0.4, 0.5) is 0 Å². The molecule has 0 saturated carbocycles. The summed E-state index contributed by atoms with van der Waals surface area (Å²) >= 11 is 5.94. The van der Waals surface area contributed by atoms with Gasteiger partial charge in [0, 0.05) is 37.7 Å². The second-order valence-electron chi connectivity index (χ2n) is 7.16. The van der Waals surface area contributed by atoms with Crippen molar-refractivity contribution in [2.45, 2.75) is 39.3 Å². The quantitative estimate of drug-likeness (QED) is 0.823. The molecule has 146 valence electrons. The van der Waals surface area contributed by atoms with Gasteiger partial charge < -0.3 is 10.1 Å². The molecule has 1 aliphatic heterocycles. The van der Waals surface area contributed by atoms with Crippen molar-refractivity contribution in [3.63, 3.8) is 0 Å². The van der Waals surface area contributed by atoms with Crippen LogP contribution in [0.3, 0.4) is 0 Å². The molecule has 2 heterocycles. The third-order valence-electron chi connectivity index (χ3n) is 5.06. The number of nitrogens with one attached hydrogen (secondary N) is 1. The van der Waals surface area contributed by atoms with Crippen LogP contribution < -0.4 is 10.1 Å². The zero-order chi connectivity index (χ0) is 19.4. The highest BCUT2D eigenvalue weighted by Gasteiger charge is 2.21. The van der Waals surface area contributed by atoms with Crippen LogP contribution in [0.2, 0.25) is 5.02 Å². The number of benzene rings is 1. The maximum Gasteiger partial charge on any atom is 0.258 e. The highest BCUT2D eigenvalue weighted by molar-refractivity contribution is 6.30. The highest BCUT2D eigenvalue weighted by Crippen LogP contribution is 2.21. The molecule has 6 nitrogen and oxygen atoms in total. The molecule has 0 unspecified atom stereocenters. The Morgan fingerprint density at radius 3 is 2.52 bits per heavy atom. The van der Waals surface area contributed by atoms with Gasteiger partial charge in [-0.25, -0.2) is 0 Å². The van der Waals surface area contributed by atoms with Crippen molar-refractivity contribution in [2.75, 3.05) is 19.7 Å². The lowest BCUT2D eigenvalue weighted by atomic mass is 10.0. The minimum Gasteiger partial charge on any atom is -0.480 e. The summed E-state index contributed by atoms with van der Waals surface area (Å²) in [7, 11) is 1.87. The van der Waals surface area contributed by atoms with E-state index >= 15 is 0 Å². The van der Waals surface area contributed by atoms with Gasteiger partial charge in [0.1, 0.15) is 5.69 Å². The number of hydrogen-bond donors (Lipinski definition) is 1. The van der Waals surface area contributed by atoms with Gasteiger partial charge >= 0.3 is 0 Å². The Labute approximate surface area is 165 Å². The molecular weight excluding hydrogens is 364 g/mol. The molecule has 0 atom stereocenters. The van der Waals surface area contributed by atoms with E-state index in [1.54, 1.807) is 4.68 Å². The number of carbonyl (C=O) groups is 1. The Morgan fingerprint density at radius 1 is 1.26 bits per heavy atom. The van der Waals surface area contributed by atoms with Crippen molar-refractivity contribution in [3.05, 3.63) is 46.2 Å². The summed E-state index contributed by atoms with van der Waals surface area (Å²) < 4.78 is 7.45. The van der Waals surface area contributed by atoms with Crippen molar-refractivity contribution in [2.24, 2.45) is 7.05 Å². The third-order valence-corrected chi connectivity index (χ3v) is 5.31. The molecule has 0 aliphatic carbocycles. The van der Waals surface area contributed by atoms with Crippen LogP contribution in [0.5, 0.6) is 5.75 Å². The predicted octanol–water partition coefficient (Wildman–Crippen LogP) is 2.85. The zero-order valence-corrected chi connectivity index (χ0v) is 16.9. The van der Waals surface area contributed by atoms with Gasteiger partial charge in [-0.15, -0.1) is 0 Å². The first kappa shape index (κ1) is 19.7. The minimum absolute atomic E-state index is 0.0262. The van der Waals surface area contributed by atoms with E-state index in [-0.39, 0.29) is 18.6 Å². The fourth-order valence-corrected chi connectivity index (χ4v) is 3.58. The van der Waals surface area contributed by atoms with Crippen molar-refractivity contribution < 1.29 is 9.53 Å². The molecule has 1 N–H and O–H groups in total. The number of halogens is 1. The molecule has 1 fully saturated rings. The molecule has 27 heavy (non-hydrogen) atoms. The molecule has 3 rings (SSSR count). The van der Waals surface area contributed by atoms with Gasteiger partial charge in [0.25, 0.3) is 5.91 Å². The number of aromatic nitrogens is 2. The maximum absolute atomic E-state index is 12.2. The molecular formula is C20H27ClN4O2. The minimum atomic E-state index is -0.0752. The third kappa shape index (κ3) is 5.23. The number of aryl methyl sites for hydroxylation is 2. The van der Waals surface area contributed by atoms with Gasteiger partial charge in [0.15, 0.2) is 12.4 Å². The normalized spacial score (nSPS) is 15.7. The molecule has 7 heteroatoms. The lowest BCUT2D eigenvalue weighted by molar-refractivity contribution is -0.124. The lowest BCUT2D eigenvalue weighted by Gasteiger charge is -2.32. The van der Waals surface area contributed by atoms with Gasteiger partial charge in [0.2, 0.25) is 0 Å². The summed E-state index contributed by atoms with van der Waals surface area (Å²) in [5.74, 6) is 0.624. The molecule has 2 aromatic rings. The lowest BCUT2D eigenvalue weighted by Crippen LogP contribution is -2.45. The van der Waals surface area contributed by atoms with E-state index in [9.17, 15) is 4.79 Å². The summed E-state index contributed by atoms with van der Waals surface area (Å²) in [6.45, 7) is 6.70. The summed E-state index contributed by atoms with van der Waals surface area (Å²) in [4.78, 5) is 14.6. The number of nitrogens with zero attached hydrogens (tertiary/aromatic N) is 3. The van der Waals surface area contributed by atoms with Gasteiger partial charge in [0.05, 0.1) is 5.69 Å². The topological polar surface area (TPSA) is 59.4 Å². The summed E-state index contributed by atoms with van der Waals surface area (Å²) in [6.07, 6.45) is 1.90. The fraction of sp³-hybridized carbons (Fsp3) is 0.500. The van der Waals surface area contributed by atoms with E-state index in [1.165, 1.54) is 5.56 Å². The number of hydrogen-bond acceptors (Lipinski definition) is 4. The average molecular weight is 391 g/mol. The Morgan fingerprint density at radius 2 is 1.93 bits per heavy atom. The number of ether oxygens (including phenoxy) is 1. The summed E-state index contributed by atoms with van der Waals surface area (Å²) in [5.41, 5.74) is 2.99. The Balaban J connectivity index is 1.40. The van der Waals surface area contributed by atoms with Crippen molar-refractivity contribution >= 4 is 17.5 Å². The zero-order valence-electron chi connectivity index (χ0n) is 16.2. The standard InChI is InChI=1S/C20H27ClN4O2/c1-14-20(15(2)24(3)23-14)27-13-19(26)22-18-8-10-25(11-9-18)12-16-4-6-17(21)7-5-16/h4-7,18H,8-13H2,1-3H3,(H,22,26). The summed E-state index contributed by atoms with van der Waals surface area (Å²) in [6, 6.07) is 8.19. The number of amides is 1. The van der Waals surface area contributed by atoms with Crippen LogP contribution in [0.15, 0.2) is 24.3 Å². The van der Waals surface area contributed by atoms with Gasteiger partial charge in [-0.3, -0.25) is 14.4 Å². The second kappa shape index (κ2) is 8.76. The van der Waals surface area contributed by atoms with E-state index in [4.69, 9.17) is 16.3 Å². The fourth-order valence-electron chi connectivity index (χ4n) is 3.45. The van der Waals surface area contributed by atoms with Crippen LogP contribution in [0.25, 0.3) is 0 Å². The summed E-state index contributed by atoms with van der Waals surface area (Å²) in [5, 5.41) is 8.15. The SMILES string of the molecule is Cc1nn(C)c(C)c1OCC(=O)NC1CCN(Cc2ccc(Cl)cc2)CC1. The number of likely N-dealkylation sites (tertiary alicyclic amines) is 1. The maximum atomic E-state index is 12.2. The first-order valence-electron chi connectivity index (χ1n) is 9.31. The number of carbonyl (C=O) groups excluding carboxylic acids is 1. The van der Waals surface area contributed by atoms with E-state index in [2.05, 4.69) is 27.4 Å². The number of rotatable bonds is 6. The predicted molar refractivity (Wildman–Crippen MR) is 106 cm³/mol. The van der Waals surface area contributed by atoms with Crippen molar-refractivity contribution in [3.8, 4) is 5.75 Å². The van der Waals surface area contributed by atoms with Crippen LogP contribution >= 0.6 is 11.6 Å². The van der Waals surface area contributed by atoms with Gasteiger partial charge in [-0.1, -0.05) is 23.7 Å². The first-order chi connectivity index (χ1) is 12.9. The molecule has 0 spiro atoms. The molecule has 0 bridgehead atoms. The van der Waals surface area contributed by atoms with Crippen LogP contribution in [0, 0.1) is 13.8 Å². The molecule has 0 radical (unpaired) electrons. The smallest absolute Gasteiger partial charge is 0.258 e. The molecule has 1 aromatic carbocycles. The van der Waals surface area contributed by atoms with Gasteiger partial charge in [-0.2, -0.15) is 5.10 Å². The van der Waals surface area contributed by atoms with E-state index in [0.29, 0.717) is 5.75 Å². The van der Waals surface area contributed by atoms with E-state index in [1.807, 2.05) is 33.0 Å². The van der Waals surface area contributed by atoms with E-state index < -0.39 is 0 Å². The average Bonchev–Trinajstić information content (AvgIpc) is 2.89. The van der Waals surface area contributed by atoms with E-state index in [0.717, 1.165) is 48.9 Å². The number of piperidine rings is 1. The van der Waals surface area contributed by atoms with Gasteiger partial charge in [-0.05, 0) is 44.4 Å². The monoisotopic (exact) mass is 390 g/mol. The second-order valence-corrected chi connectivity index (χ2v) is 7.59. The highest BCUT2D eigenvalue weighted by atomic mass is 35.5.